The van der Waals surface area contributed by atoms with Gasteiger partial charge in [-0.15, -0.1) is 0 Å². The van der Waals surface area contributed by atoms with Crippen molar-refractivity contribution in [2.45, 2.75) is 13.8 Å². The molecule has 2 aromatic rings. The second-order valence-electron chi connectivity index (χ2n) is 11.3. The van der Waals surface area contributed by atoms with Crippen molar-refractivity contribution in [1.82, 2.24) is 29.6 Å². The summed E-state index contributed by atoms with van der Waals surface area (Å²) in [6.45, 7) is 13.8. The predicted octanol–water partition coefficient (Wildman–Crippen LogP) is 1.96. The molecule has 0 atom stereocenters. The minimum absolute atomic E-state index is 0. The maximum atomic E-state index is 5.82. The molecule has 264 valence electrons. The van der Waals surface area contributed by atoms with Gasteiger partial charge in [0.2, 0.25) is 0 Å². The summed E-state index contributed by atoms with van der Waals surface area (Å²) in [5.74, 6) is 1.55. The molecule has 4 rings (SSSR count). The maximum absolute atomic E-state index is 5.82. The van der Waals surface area contributed by atoms with Crippen molar-refractivity contribution in [3.8, 4) is 11.5 Å². The van der Waals surface area contributed by atoms with Crippen molar-refractivity contribution in [3.05, 3.63) is 48.0 Å². The number of morpholine rings is 2. The Kier molecular flexibility index (Phi) is 20.2. The zero-order valence-corrected chi connectivity index (χ0v) is 34.2. The van der Waals surface area contributed by atoms with Crippen LogP contribution in [0.15, 0.2) is 57.1 Å². The number of ether oxygens (including phenoxy) is 4. The summed E-state index contributed by atoms with van der Waals surface area (Å²) in [7, 11) is 7.32. The summed E-state index contributed by atoms with van der Waals surface area (Å²) in [6, 6.07) is 7.42. The van der Waals surface area contributed by atoms with Crippen LogP contribution in [-0.2, 0) is 54.2 Å². The number of hydrogen-bond donors (Lipinski definition) is 0. The molecule has 0 saturated carbocycles. The zero-order chi connectivity index (χ0) is 34.7. The van der Waals surface area contributed by atoms with Crippen molar-refractivity contribution in [1.29, 1.82) is 0 Å². The fraction of sp³-hybridized carbons (Fsp3) is 0.562. The van der Waals surface area contributed by atoms with Crippen molar-refractivity contribution < 1.29 is 38.4 Å². The molecule has 0 aromatic carbocycles. The van der Waals surface area contributed by atoms with Gasteiger partial charge in [-0.3, -0.25) is 19.8 Å². The minimum Gasteiger partial charge on any atom is -0.741 e. The second kappa shape index (κ2) is 23.5. The largest absolute Gasteiger partial charge is 2.00 e. The molecule has 2 aliphatic rings. The van der Waals surface area contributed by atoms with Gasteiger partial charge < -0.3 is 54.0 Å². The molecule has 0 unspecified atom stereocenters. The number of hydrogen-bond acceptors (Lipinski definition) is 14. The van der Waals surface area contributed by atoms with Crippen LogP contribution in [0.1, 0.15) is 25.2 Å². The number of rotatable bonds is 12. The molecular weight excluding hydrogens is 718 g/mol. The Bertz CT molecular complexity index is 1280. The van der Waals surface area contributed by atoms with Crippen LogP contribution in [0.4, 0.5) is 0 Å². The second-order valence-corrected chi connectivity index (χ2v) is 12.0. The SMILES string of the molecule is C/C(=N\N=C([S-])N(C)C)c1cc(OCCN2CCOCC2)ccn1.C/C(=N\N=C([S-])N(C)C)c1cc(OCCN2CCOCC2)ccn1.[Zn+2]. The van der Waals surface area contributed by atoms with E-state index < -0.39 is 0 Å². The Morgan fingerprint density at radius 2 is 1.06 bits per heavy atom. The molecule has 17 heteroatoms. The molecular formula is C32H48N10O4S2Zn. The summed E-state index contributed by atoms with van der Waals surface area (Å²) >= 11 is 10.2. The van der Waals surface area contributed by atoms with Crippen molar-refractivity contribution in [3.63, 3.8) is 0 Å². The van der Waals surface area contributed by atoms with E-state index in [9.17, 15) is 0 Å². The van der Waals surface area contributed by atoms with Crippen LogP contribution in [-0.4, -0.2) is 158 Å². The van der Waals surface area contributed by atoms with Gasteiger partial charge in [-0.1, -0.05) is 0 Å². The Morgan fingerprint density at radius 3 is 1.41 bits per heavy atom. The maximum Gasteiger partial charge on any atom is 2.00 e. The van der Waals surface area contributed by atoms with Crippen molar-refractivity contribution >= 4 is 47.0 Å². The molecule has 2 fully saturated rings. The molecule has 0 amide bonds. The van der Waals surface area contributed by atoms with E-state index in [2.05, 4.69) is 40.2 Å². The monoisotopic (exact) mass is 764 g/mol. The standard InChI is InChI=1S/2C16H25N5O2S.Zn/c2*1-13(18-19-16(24)20(2)3)15-12-14(4-5-17-15)23-11-8-21-6-9-22-10-7-21;/h2*4-5,12H,6-11H2,1-3H3,(H,19,24);/q;;+2/p-2/b2*18-13+;. The van der Waals surface area contributed by atoms with E-state index >= 15 is 0 Å². The molecule has 2 aromatic heterocycles. The number of amidine groups is 2. The first-order valence-corrected chi connectivity index (χ1v) is 16.7. The van der Waals surface area contributed by atoms with Crippen LogP contribution < -0.4 is 9.47 Å². The van der Waals surface area contributed by atoms with Crippen LogP contribution in [0.25, 0.3) is 0 Å². The van der Waals surface area contributed by atoms with Crippen molar-refractivity contribution in [2.24, 2.45) is 20.4 Å². The van der Waals surface area contributed by atoms with E-state index in [4.69, 9.17) is 44.2 Å². The molecule has 0 spiro atoms. The smallest absolute Gasteiger partial charge is 0.741 e. The summed E-state index contributed by atoms with van der Waals surface area (Å²) in [5, 5.41) is 17.1. The van der Waals surface area contributed by atoms with Gasteiger partial charge in [-0.25, -0.2) is 0 Å². The Labute approximate surface area is 314 Å². The van der Waals surface area contributed by atoms with Crippen LogP contribution >= 0.6 is 0 Å². The summed E-state index contributed by atoms with van der Waals surface area (Å²) < 4.78 is 22.3. The number of aromatic nitrogens is 2. The van der Waals surface area contributed by atoms with Crippen LogP contribution in [0.2, 0.25) is 0 Å². The van der Waals surface area contributed by atoms with Gasteiger partial charge in [0, 0.05) is 102 Å². The third kappa shape index (κ3) is 16.6. The van der Waals surface area contributed by atoms with Crippen LogP contribution in [0.5, 0.6) is 11.5 Å². The van der Waals surface area contributed by atoms with E-state index in [1.165, 1.54) is 0 Å². The third-order valence-electron chi connectivity index (χ3n) is 7.10. The molecule has 14 nitrogen and oxygen atoms in total. The topological polar surface area (TPSA) is 125 Å². The first-order valence-electron chi connectivity index (χ1n) is 15.8. The molecule has 0 radical (unpaired) electrons. The van der Waals surface area contributed by atoms with Gasteiger partial charge in [0.05, 0.1) is 49.2 Å². The quantitative estimate of drug-likeness (QED) is 0.103. The molecule has 0 bridgehead atoms. The number of pyridine rings is 2. The summed E-state index contributed by atoms with van der Waals surface area (Å²) in [6.07, 6.45) is 3.42. The average Bonchev–Trinajstić information content (AvgIpc) is 3.10. The molecule has 4 heterocycles. The molecule has 2 aliphatic heterocycles. The van der Waals surface area contributed by atoms with E-state index in [-0.39, 0.29) is 19.5 Å². The Morgan fingerprint density at radius 1 is 0.694 bits per heavy atom. The fourth-order valence-electron chi connectivity index (χ4n) is 4.15. The minimum atomic E-state index is 0. The van der Waals surface area contributed by atoms with E-state index in [1.54, 1.807) is 22.2 Å². The van der Waals surface area contributed by atoms with E-state index in [0.29, 0.717) is 35.0 Å². The van der Waals surface area contributed by atoms with E-state index in [1.807, 2.05) is 66.3 Å². The number of nitrogens with zero attached hydrogens (tertiary/aromatic N) is 10. The normalized spacial score (nSPS) is 16.6. The first kappa shape index (κ1) is 42.3. The van der Waals surface area contributed by atoms with Crippen LogP contribution in [0, 0.1) is 0 Å². The van der Waals surface area contributed by atoms with Gasteiger partial charge in [-0.2, -0.15) is 20.4 Å². The molecule has 2 saturated heterocycles. The third-order valence-corrected chi connectivity index (χ3v) is 7.99. The Hall–Kier alpha value is -2.92. The van der Waals surface area contributed by atoms with E-state index in [0.717, 1.165) is 88.6 Å². The average molecular weight is 766 g/mol. The summed E-state index contributed by atoms with van der Waals surface area (Å²) in [4.78, 5) is 16.7. The Balaban J connectivity index is 0.000000333. The predicted molar refractivity (Wildman–Crippen MR) is 195 cm³/mol. The van der Waals surface area contributed by atoms with Gasteiger partial charge in [-0.05, 0) is 26.0 Å². The van der Waals surface area contributed by atoms with Crippen LogP contribution in [0.3, 0.4) is 0 Å². The van der Waals surface area contributed by atoms with Crippen molar-refractivity contribution in [2.75, 3.05) is 107 Å². The summed E-state index contributed by atoms with van der Waals surface area (Å²) in [5.41, 5.74) is 2.84. The van der Waals surface area contributed by atoms with Gasteiger partial charge in [0.1, 0.15) is 24.7 Å². The molecule has 0 N–H and O–H groups in total. The fourth-order valence-corrected chi connectivity index (χ4v) is 4.23. The molecule has 49 heavy (non-hydrogen) atoms. The van der Waals surface area contributed by atoms with Gasteiger partial charge >= 0.3 is 19.5 Å². The first-order chi connectivity index (χ1) is 23.1. The van der Waals surface area contributed by atoms with Gasteiger partial charge in [0.25, 0.3) is 0 Å². The zero-order valence-electron chi connectivity index (χ0n) is 29.6. The van der Waals surface area contributed by atoms with Gasteiger partial charge in [0.15, 0.2) is 0 Å². The molecule has 0 aliphatic carbocycles.